The monoisotopic (exact) mass is 812 g/mol. The lowest BCUT2D eigenvalue weighted by molar-refractivity contribution is -0.274. The SMILES string of the molecule is COC(=O)N1C(=O)C2CC=C3C(CC4C(=O)N(Nc5ncc(C(F)(F)F)cc5Cl)C(=O)C4(c4ccc(Cl)cc4)C3c3cc(OC(F)(F)F)ccc3O)C2C1=O. The van der Waals surface area contributed by atoms with Gasteiger partial charge in [-0.1, -0.05) is 47.0 Å². The van der Waals surface area contributed by atoms with Crippen LogP contribution in [0.1, 0.15) is 35.4 Å². The summed E-state index contributed by atoms with van der Waals surface area (Å²) < 4.78 is 89.6. The Morgan fingerprint density at radius 2 is 1.65 bits per heavy atom. The topological polar surface area (TPSA) is 155 Å². The number of amides is 5. The average Bonchev–Trinajstić information content (AvgIpc) is 3.49. The number of hydrazine groups is 1. The van der Waals surface area contributed by atoms with Crippen LogP contribution in [0.4, 0.5) is 37.0 Å². The number of allylic oxidation sites excluding steroid dienone is 2. The number of alkyl halides is 6. The maximum atomic E-state index is 15.2. The van der Waals surface area contributed by atoms with Crippen molar-refractivity contribution < 1.29 is 64.9 Å². The third-order valence-electron chi connectivity index (χ3n) is 10.5. The second-order valence-electron chi connectivity index (χ2n) is 13.2. The van der Waals surface area contributed by atoms with Crippen molar-refractivity contribution in [3.63, 3.8) is 0 Å². The fraction of sp³-hybridized carbons (Fsp3) is 0.314. The molecule has 2 aliphatic carbocycles. The highest BCUT2D eigenvalue weighted by atomic mass is 35.5. The molecule has 5 amide bonds. The van der Waals surface area contributed by atoms with Gasteiger partial charge < -0.3 is 14.6 Å². The number of anilines is 1. The number of imide groups is 4. The van der Waals surface area contributed by atoms with Crippen LogP contribution in [-0.4, -0.2) is 63.2 Å². The Morgan fingerprint density at radius 1 is 0.964 bits per heavy atom. The van der Waals surface area contributed by atoms with Gasteiger partial charge in [0.2, 0.25) is 11.8 Å². The van der Waals surface area contributed by atoms with Crippen molar-refractivity contribution in [3.8, 4) is 11.5 Å². The van der Waals surface area contributed by atoms with Gasteiger partial charge in [0.1, 0.15) is 11.5 Å². The van der Waals surface area contributed by atoms with E-state index in [-0.39, 0.29) is 34.6 Å². The highest BCUT2D eigenvalue weighted by molar-refractivity contribution is 6.33. The molecule has 288 valence electrons. The van der Waals surface area contributed by atoms with Crippen LogP contribution in [0.25, 0.3) is 0 Å². The number of phenolic OH excluding ortho intramolecular Hbond substituents is 1. The lowest BCUT2D eigenvalue weighted by Gasteiger charge is -2.50. The maximum absolute atomic E-state index is 15.2. The molecule has 7 rings (SSSR count). The molecular weight excluding hydrogens is 789 g/mol. The van der Waals surface area contributed by atoms with E-state index in [1.165, 1.54) is 30.3 Å². The molecule has 6 atom stereocenters. The third kappa shape index (κ3) is 6.01. The Hall–Kier alpha value is -5.36. The number of pyridine rings is 1. The standard InChI is InChI=1S/C35H24Cl2F6N4O8/c1-54-32(53)46-28(49)19-8-7-18-20(25(19)30(46)51)12-22-29(50)47(45-27-23(37)10-15(13-44-27)34(38,39)40)31(52)33(22,14-2-4-16(36)5-3-14)26(18)21-11-17(6-9-24(21)48)55-35(41,42)43/h2-7,9-11,13,19-20,22,25-26,48H,8,12H2,1H3,(H,44,45). The van der Waals surface area contributed by atoms with E-state index < -0.39 is 105 Å². The molecule has 2 saturated heterocycles. The number of phenols is 1. The summed E-state index contributed by atoms with van der Waals surface area (Å²) in [5.74, 6) is -12.8. The van der Waals surface area contributed by atoms with Gasteiger partial charge in [-0.2, -0.15) is 23.1 Å². The van der Waals surface area contributed by atoms with Gasteiger partial charge in [0.15, 0.2) is 5.82 Å². The van der Waals surface area contributed by atoms with Gasteiger partial charge in [0.05, 0.1) is 40.9 Å². The number of ether oxygens (including phenoxy) is 2. The van der Waals surface area contributed by atoms with E-state index in [0.29, 0.717) is 22.2 Å². The Morgan fingerprint density at radius 3 is 2.27 bits per heavy atom. The van der Waals surface area contributed by atoms with Gasteiger partial charge in [0.25, 0.3) is 11.8 Å². The van der Waals surface area contributed by atoms with E-state index in [1.54, 1.807) is 0 Å². The van der Waals surface area contributed by atoms with Crippen molar-refractivity contribution in [1.29, 1.82) is 0 Å². The van der Waals surface area contributed by atoms with E-state index >= 15 is 4.79 Å². The van der Waals surface area contributed by atoms with Crippen LogP contribution in [0.5, 0.6) is 11.5 Å². The summed E-state index contributed by atoms with van der Waals surface area (Å²) in [6, 6.07) is 8.51. The second-order valence-corrected chi connectivity index (χ2v) is 14.0. The zero-order valence-electron chi connectivity index (χ0n) is 27.7. The van der Waals surface area contributed by atoms with Crippen LogP contribution in [0.3, 0.4) is 0 Å². The zero-order valence-corrected chi connectivity index (χ0v) is 29.3. The quantitative estimate of drug-likeness (QED) is 0.160. The van der Waals surface area contributed by atoms with Crippen molar-refractivity contribution >= 4 is 58.7 Å². The molecular formula is C35H24Cl2F6N4O8. The molecule has 2 aromatic carbocycles. The van der Waals surface area contributed by atoms with Crippen LogP contribution >= 0.6 is 23.2 Å². The number of likely N-dealkylation sites (tertiary alicyclic amines) is 1. The number of methoxy groups -OCH3 is 1. The number of carbonyl (C=O) groups excluding carboxylic acids is 5. The number of nitrogens with zero attached hydrogens (tertiary/aromatic N) is 3. The van der Waals surface area contributed by atoms with Crippen molar-refractivity contribution in [3.05, 3.63) is 93.1 Å². The molecule has 3 fully saturated rings. The molecule has 6 unspecified atom stereocenters. The van der Waals surface area contributed by atoms with E-state index in [9.17, 15) is 50.6 Å². The summed E-state index contributed by atoms with van der Waals surface area (Å²) in [4.78, 5) is 73.7. The van der Waals surface area contributed by atoms with Crippen LogP contribution in [0, 0.1) is 23.7 Å². The molecule has 1 saturated carbocycles. The number of halogens is 8. The summed E-state index contributed by atoms with van der Waals surface area (Å²) in [5.41, 5.74) is -1.16. The number of hydrogen-bond donors (Lipinski definition) is 2. The van der Waals surface area contributed by atoms with E-state index in [0.717, 1.165) is 25.3 Å². The molecule has 3 heterocycles. The third-order valence-corrected chi connectivity index (χ3v) is 11.0. The van der Waals surface area contributed by atoms with E-state index in [1.807, 2.05) is 0 Å². The first kappa shape index (κ1) is 37.9. The van der Waals surface area contributed by atoms with Crippen LogP contribution < -0.4 is 10.2 Å². The predicted molar refractivity (Wildman–Crippen MR) is 176 cm³/mol. The summed E-state index contributed by atoms with van der Waals surface area (Å²) in [6.45, 7) is 0. The molecule has 2 aliphatic heterocycles. The second kappa shape index (κ2) is 13.1. The van der Waals surface area contributed by atoms with Crippen molar-refractivity contribution in [2.24, 2.45) is 23.7 Å². The van der Waals surface area contributed by atoms with Gasteiger partial charge in [-0.3, -0.25) is 24.6 Å². The molecule has 20 heteroatoms. The molecule has 4 aliphatic rings. The molecule has 0 radical (unpaired) electrons. The minimum atomic E-state index is -5.21. The zero-order chi connectivity index (χ0) is 39.9. The Bertz CT molecular complexity index is 2200. The lowest BCUT2D eigenvalue weighted by atomic mass is 9.49. The Balaban J connectivity index is 1.46. The summed E-state index contributed by atoms with van der Waals surface area (Å²) in [6.07, 6.45) is -10.0. The Labute approximate surface area is 315 Å². The van der Waals surface area contributed by atoms with Crippen molar-refractivity contribution in [2.45, 2.75) is 36.7 Å². The number of fused-ring (bicyclic) bond motifs is 4. The fourth-order valence-electron chi connectivity index (χ4n) is 8.36. The van der Waals surface area contributed by atoms with Gasteiger partial charge in [0, 0.05) is 22.7 Å². The summed E-state index contributed by atoms with van der Waals surface area (Å²) in [7, 11) is 0.951. The van der Waals surface area contributed by atoms with Crippen molar-refractivity contribution in [2.75, 3.05) is 12.5 Å². The van der Waals surface area contributed by atoms with Crippen LogP contribution in [-0.2, 0) is 35.5 Å². The number of nitrogens with one attached hydrogen (secondary N) is 1. The van der Waals surface area contributed by atoms with Gasteiger partial charge in [-0.25, -0.2) is 9.78 Å². The number of aromatic hydroxyl groups is 1. The largest absolute Gasteiger partial charge is 0.573 e. The lowest BCUT2D eigenvalue weighted by Crippen LogP contribution is -2.53. The highest BCUT2D eigenvalue weighted by Crippen LogP contribution is 2.65. The smallest absolute Gasteiger partial charge is 0.508 e. The normalized spacial score (nSPS) is 26.3. The summed E-state index contributed by atoms with van der Waals surface area (Å²) >= 11 is 12.3. The highest BCUT2D eigenvalue weighted by Gasteiger charge is 2.71. The predicted octanol–water partition coefficient (Wildman–Crippen LogP) is 6.76. The number of rotatable bonds is 5. The van der Waals surface area contributed by atoms with E-state index in [4.69, 9.17) is 23.2 Å². The minimum Gasteiger partial charge on any atom is -0.508 e. The van der Waals surface area contributed by atoms with Crippen molar-refractivity contribution in [1.82, 2.24) is 14.9 Å². The average molecular weight is 813 g/mol. The Kier molecular flexibility index (Phi) is 9.07. The molecule has 2 N–H and O–H groups in total. The first-order valence-corrected chi connectivity index (χ1v) is 16.9. The molecule has 1 aromatic heterocycles. The summed E-state index contributed by atoms with van der Waals surface area (Å²) in [5, 5.41) is 11.4. The molecule has 0 bridgehead atoms. The first-order chi connectivity index (χ1) is 25.8. The molecule has 12 nitrogen and oxygen atoms in total. The number of hydrogen-bond acceptors (Lipinski definition) is 10. The minimum absolute atomic E-state index is 0.0639. The van der Waals surface area contributed by atoms with E-state index in [2.05, 4.69) is 19.9 Å². The van der Waals surface area contributed by atoms with Crippen LogP contribution in [0.15, 0.2) is 66.4 Å². The first-order valence-electron chi connectivity index (χ1n) is 16.2. The molecule has 55 heavy (non-hydrogen) atoms. The number of aromatic nitrogens is 1. The maximum Gasteiger partial charge on any atom is 0.573 e. The van der Waals surface area contributed by atoms with Gasteiger partial charge in [-0.15, -0.1) is 13.2 Å². The van der Waals surface area contributed by atoms with Crippen LogP contribution in [0.2, 0.25) is 10.0 Å². The number of carbonyl (C=O) groups is 5. The number of benzene rings is 2. The van der Waals surface area contributed by atoms with Gasteiger partial charge >= 0.3 is 18.6 Å². The fourth-order valence-corrected chi connectivity index (χ4v) is 8.69. The molecule has 0 spiro atoms. The molecule has 3 aromatic rings. The van der Waals surface area contributed by atoms with Gasteiger partial charge in [-0.05, 0) is 60.7 Å².